The van der Waals surface area contributed by atoms with Crippen molar-refractivity contribution in [2.24, 2.45) is 0 Å². The minimum Gasteiger partial charge on any atom is -0.465 e. The lowest BCUT2D eigenvalue weighted by molar-refractivity contribution is -0.116. The van der Waals surface area contributed by atoms with Crippen molar-refractivity contribution < 1.29 is 18.7 Å². The number of nitrogens with zero attached hydrogens (tertiary/aromatic N) is 1. The van der Waals surface area contributed by atoms with E-state index in [0.717, 1.165) is 5.56 Å². The summed E-state index contributed by atoms with van der Waals surface area (Å²) < 4.78 is 11.4. The monoisotopic (exact) mass is 368 g/mol. The number of rotatable bonds is 6. The molecule has 3 aromatic rings. The van der Waals surface area contributed by atoms with Crippen LogP contribution in [-0.2, 0) is 16.1 Å². The average molecular weight is 368 g/mol. The number of anilines is 1. The van der Waals surface area contributed by atoms with Crippen LogP contribution in [0.3, 0.4) is 0 Å². The molecule has 3 rings (SSSR count). The van der Waals surface area contributed by atoms with Gasteiger partial charge in [0.25, 0.3) is 0 Å². The molecule has 1 N–H and O–H groups in total. The number of ether oxygens (including phenoxy) is 1. The summed E-state index contributed by atoms with van der Waals surface area (Å²) >= 11 is 0. The first-order valence-electron chi connectivity index (χ1n) is 8.57. The fourth-order valence-electron chi connectivity index (χ4n) is 2.84. The normalized spacial score (nSPS) is 10.7. The topological polar surface area (TPSA) is 90.5 Å². The Labute approximate surface area is 155 Å². The van der Waals surface area contributed by atoms with E-state index < -0.39 is 11.7 Å². The number of amides is 1. The van der Waals surface area contributed by atoms with Crippen molar-refractivity contribution >= 4 is 28.7 Å². The molecule has 7 nitrogen and oxygen atoms in total. The second kappa shape index (κ2) is 7.90. The van der Waals surface area contributed by atoms with Crippen molar-refractivity contribution in [2.75, 3.05) is 12.4 Å². The number of oxazole rings is 1. The summed E-state index contributed by atoms with van der Waals surface area (Å²) in [6.07, 6.45) is 0.707. The third-order valence-electron chi connectivity index (χ3n) is 4.29. The van der Waals surface area contributed by atoms with Crippen LogP contribution in [0.15, 0.2) is 51.7 Å². The Bertz CT molecular complexity index is 1050. The number of aryl methyl sites for hydroxylation is 2. The first kappa shape index (κ1) is 18.4. The lowest BCUT2D eigenvalue weighted by Gasteiger charge is -2.10. The summed E-state index contributed by atoms with van der Waals surface area (Å²) in [6, 6.07) is 12.2. The average Bonchev–Trinajstić information content (AvgIpc) is 2.98. The number of aromatic nitrogens is 1. The molecule has 0 radical (unpaired) electrons. The van der Waals surface area contributed by atoms with Gasteiger partial charge in [-0.3, -0.25) is 9.36 Å². The third-order valence-corrected chi connectivity index (χ3v) is 4.29. The van der Waals surface area contributed by atoms with Crippen LogP contribution < -0.4 is 11.1 Å². The van der Waals surface area contributed by atoms with E-state index in [9.17, 15) is 14.4 Å². The molecule has 0 atom stereocenters. The van der Waals surface area contributed by atoms with E-state index >= 15 is 0 Å². The fourth-order valence-corrected chi connectivity index (χ4v) is 2.84. The van der Waals surface area contributed by atoms with Gasteiger partial charge >= 0.3 is 11.7 Å². The lowest BCUT2D eigenvalue weighted by atomic mass is 10.1. The highest BCUT2D eigenvalue weighted by molar-refractivity contribution is 5.95. The number of hydrogen-bond donors (Lipinski definition) is 1. The molecule has 0 saturated heterocycles. The number of esters is 1. The van der Waals surface area contributed by atoms with Crippen LogP contribution >= 0.6 is 0 Å². The Kier molecular flexibility index (Phi) is 5.40. The molecular weight excluding hydrogens is 348 g/mol. The van der Waals surface area contributed by atoms with E-state index in [1.807, 2.05) is 19.1 Å². The molecule has 1 aromatic heterocycles. The molecule has 7 heteroatoms. The Morgan fingerprint density at radius 2 is 1.96 bits per heavy atom. The second-order valence-corrected chi connectivity index (χ2v) is 6.16. The Morgan fingerprint density at radius 3 is 2.74 bits per heavy atom. The smallest absolute Gasteiger partial charge is 0.419 e. The van der Waals surface area contributed by atoms with Crippen LogP contribution in [-0.4, -0.2) is 23.6 Å². The van der Waals surface area contributed by atoms with Gasteiger partial charge in [0, 0.05) is 18.7 Å². The molecule has 0 aliphatic rings. The molecular formula is C20H20N2O5. The fraction of sp³-hybridized carbons (Fsp3) is 0.250. The van der Waals surface area contributed by atoms with E-state index in [2.05, 4.69) is 5.32 Å². The Balaban J connectivity index is 1.62. The summed E-state index contributed by atoms with van der Waals surface area (Å²) in [5, 5.41) is 2.80. The van der Waals surface area contributed by atoms with Crippen LogP contribution in [0.4, 0.5) is 5.69 Å². The van der Waals surface area contributed by atoms with Gasteiger partial charge in [0.1, 0.15) is 0 Å². The van der Waals surface area contributed by atoms with Gasteiger partial charge in [-0.2, -0.15) is 0 Å². The largest absolute Gasteiger partial charge is 0.465 e. The molecule has 1 amide bonds. The van der Waals surface area contributed by atoms with Crippen molar-refractivity contribution in [3.63, 3.8) is 0 Å². The minimum atomic E-state index is -0.461. The first-order chi connectivity index (χ1) is 13.0. The van der Waals surface area contributed by atoms with Crippen LogP contribution in [0.1, 0.15) is 28.8 Å². The molecule has 0 saturated carbocycles. The number of benzene rings is 2. The summed E-state index contributed by atoms with van der Waals surface area (Å²) in [5.41, 5.74) is 3.02. The molecule has 1 heterocycles. The van der Waals surface area contributed by atoms with Gasteiger partial charge in [-0.15, -0.1) is 0 Å². The van der Waals surface area contributed by atoms with Gasteiger partial charge in [0.2, 0.25) is 5.91 Å². The number of hydrogen-bond acceptors (Lipinski definition) is 5. The SMILES string of the molecule is COC(=O)c1ccc(C)c(NC(=O)CCCn2c(=O)oc3ccccc32)c1. The second-order valence-electron chi connectivity index (χ2n) is 6.16. The van der Waals surface area contributed by atoms with E-state index in [1.54, 1.807) is 30.3 Å². The molecule has 0 unspecified atom stereocenters. The van der Waals surface area contributed by atoms with Gasteiger partial charge in [0.05, 0.1) is 18.2 Å². The van der Waals surface area contributed by atoms with E-state index in [4.69, 9.17) is 9.15 Å². The maximum atomic E-state index is 12.3. The minimum absolute atomic E-state index is 0.194. The number of carbonyl (C=O) groups excluding carboxylic acids is 2. The molecule has 0 aliphatic heterocycles. The first-order valence-corrected chi connectivity index (χ1v) is 8.57. The van der Waals surface area contributed by atoms with Gasteiger partial charge in [-0.05, 0) is 43.2 Å². The van der Waals surface area contributed by atoms with Gasteiger partial charge in [0.15, 0.2) is 5.58 Å². The Hall–Kier alpha value is -3.35. The van der Waals surface area contributed by atoms with Crippen LogP contribution in [0, 0.1) is 6.92 Å². The number of carbonyl (C=O) groups is 2. The standard InChI is InChI=1S/C20H20N2O5/c1-13-9-10-14(19(24)26-2)12-15(13)21-18(23)8-5-11-22-16-6-3-4-7-17(16)27-20(22)25/h3-4,6-7,9-10,12H,5,8,11H2,1-2H3,(H,21,23). The molecule has 140 valence electrons. The zero-order chi connectivity index (χ0) is 19.4. The molecule has 2 aromatic carbocycles. The van der Waals surface area contributed by atoms with Crippen molar-refractivity contribution in [1.82, 2.24) is 4.57 Å². The van der Waals surface area contributed by atoms with Crippen LogP contribution in [0.2, 0.25) is 0 Å². The summed E-state index contributed by atoms with van der Waals surface area (Å²) in [4.78, 5) is 35.8. The molecule has 0 bridgehead atoms. The van der Waals surface area contributed by atoms with Gasteiger partial charge in [-0.1, -0.05) is 18.2 Å². The third kappa shape index (κ3) is 4.08. The number of fused-ring (bicyclic) bond motifs is 1. The van der Waals surface area contributed by atoms with Crippen molar-refractivity contribution in [1.29, 1.82) is 0 Å². The zero-order valence-corrected chi connectivity index (χ0v) is 15.2. The van der Waals surface area contributed by atoms with Gasteiger partial charge < -0.3 is 14.5 Å². The number of methoxy groups -OCH3 is 1. The summed E-state index contributed by atoms with van der Waals surface area (Å²) in [6.45, 7) is 2.22. The van der Waals surface area contributed by atoms with E-state index in [0.29, 0.717) is 35.3 Å². The quantitative estimate of drug-likeness (QED) is 0.675. The summed E-state index contributed by atoms with van der Waals surface area (Å²) in [7, 11) is 1.31. The van der Waals surface area contributed by atoms with Crippen molar-refractivity contribution in [3.05, 3.63) is 64.1 Å². The maximum absolute atomic E-state index is 12.3. The van der Waals surface area contributed by atoms with Crippen molar-refractivity contribution in [3.8, 4) is 0 Å². The van der Waals surface area contributed by atoms with Gasteiger partial charge in [-0.25, -0.2) is 9.59 Å². The highest BCUT2D eigenvalue weighted by Crippen LogP contribution is 2.18. The number of para-hydroxylation sites is 2. The van der Waals surface area contributed by atoms with Crippen LogP contribution in [0.5, 0.6) is 0 Å². The zero-order valence-electron chi connectivity index (χ0n) is 15.2. The molecule has 27 heavy (non-hydrogen) atoms. The Morgan fingerprint density at radius 1 is 1.19 bits per heavy atom. The highest BCUT2D eigenvalue weighted by Gasteiger charge is 2.12. The summed E-state index contributed by atoms with van der Waals surface area (Å²) in [5.74, 6) is -1.09. The van der Waals surface area contributed by atoms with Crippen molar-refractivity contribution in [2.45, 2.75) is 26.3 Å². The highest BCUT2D eigenvalue weighted by atomic mass is 16.5. The molecule has 0 aliphatic carbocycles. The lowest BCUT2D eigenvalue weighted by Crippen LogP contribution is -2.17. The maximum Gasteiger partial charge on any atom is 0.419 e. The van der Waals surface area contributed by atoms with E-state index in [1.165, 1.54) is 11.7 Å². The number of nitrogens with one attached hydrogen (secondary N) is 1. The predicted octanol–water partition coefficient (Wildman–Crippen LogP) is 3.11. The molecule has 0 spiro atoms. The molecule has 0 fully saturated rings. The predicted molar refractivity (Wildman–Crippen MR) is 101 cm³/mol. The van der Waals surface area contributed by atoms with E-state index in [-0.39, 0.29) is 12.3 Å². The van der Waals surface area contributed by atoms with Crippen LogP contribution in [0.25, 0.3) is 11.1 Å².